The number of alkyl halides is 1. The molecule has 0 radical (unpaired) electrons. The van der Waals surface area contributed by atoms with Crippen molar-refractivity contribution in [3.8, 4) is 11.5 Å². The van der Waals surface area contributed by atoms with Gasteiger partial charge in [0.1, 0.15) is 5.82 Å². The van der Waals surface area contributed by atoms with Gasteiger partial charge in [-0.1, -0.05) is 23.7 Å². The molecule has 0 spiro atoms. The second-order valence-corrected chi connectivity index (χ2v) is 5.71. The molecule has 5 heteroatoms. The van der Waals surface area contributed by atoms with Gasteiger partial charge in [0.25, 0.3) is 0 Å². The van der Waals surface area contributed by atoms with Gasteiger partial charge in [0.05, 0.1) is 24.6 Å². The van der Waals surface area contributed by atoms with Crippen molar-refractivity contribution in [2.24, 2.45) is 0 Å². The average molecular weight is 339 g/mol. The average Bonchev–Trinajstić information content (AvgIpc) is 2.78. The summed E-state index contributed by atoms with van der Waals surface area (Å²) in [5.74, 6) is 0.880. The van der Waals surface area contributed by atoms with Gasteiger partial charge in [-0.2, -0.15) is 0 Å². The number of halogens is 3. The Labute approximate surface area is 138 Å². The normalized spacial score (nSPS) is 16.7. The van der Waals surface area contributed by atoms with Gasteiger partial charge in [-0.3, -0.25) is 0 Å². The van der Waals surface area contributed by atoms with Crippen molar-refractivity contribution < 1.29 is 13.9 Å². The largest absolute Gasteiger partial charge is 0.493 e. The van der Waals surface area contributed by atoms with Gasteiger partial charge < -0.3 is 9.47 Å². The minimum Gasteiger partial charge on any atom is -0.493 e. The SMILES string of the molecule is COc1cc2c(cc1OC)C(Cl)C(c1ccc(F)cc1)=C2Cl. The van der Waals surface area contributed by atoms with E-state index in [1.54, 1.807) is 26.4 Å². The minimum absolute atomic E-state index is 0.301. The standard InChI is InChI=1S/C17H13Cl2FO2/c1-21-13-7-11-12(8-14(13)22-2)17(19)15(16(11)18)9-3-5-10(20)6-4-9/h3-8,16H,1-2H3. The number of hydrogen-bond acceptors (Lipinski definition) is 2. The fourth-order valence-electron chi connectivity index (χ4n) is 2.61. The summed E-state index contributed by atoms with van der Waals surface area (Å²) in [6.45, 7) is 0. The van der Waals surface area contributed by atoms with Crippen LogP contribution in [0.15, 0.2) is 36.4 Å². The highest BCUT2D eigenvalue weighted by Crippen LogP contribution is 2.53. The van der Waals surface area contributed by atoms with Crippen molar-refractivity contribution in [2.75, 3.05) is 14.2 Å². The highest BCUT2D eigenvalue weighted by Gasteiger charge is 2.31. The van der Waals surface area contributed by atoms with E-state index in [9.17, 15) is 4.39 Å². The summed E-state index contributed by atoms with van der Waals surface area (Å²) in [5, 5.41) is 0.121. The van der Waals surface area contributed by atoms with Crippen LogP contribution >= 0.6 is 23.2 Å². The van der Waals surface area contributed by atoms with Gasteiger partial charge in [-0.25, -0.2) is 4.39 Å². The molecule has 0 bridgehead atoms. The molecule has 114 valence electrons. The predicted octanol–water partition coefficient (Wildman–Crippen LogP) is 5.24. The molecule has 2 nitrogen and oxygen atoms in total. The number of hydrogen-bond donors (Lipinski definition) is 0. The van der Waals surface area contributed by atoms with Crippen LogP contribution in [0.1, 0.15) is 22.1 Å². The van der Waals surface area contributed by atoms with E-state index in [2.05, 4.69) is 0 Å². The lowest BCUT2D eigenvalue weighted by atomic mass is 10.0. The van der Waals surface area contributed by atoms with E-state index in [1.807, 2.05) is 12.1 Å². The maximum Gasteiger partial charge on any atom is 0.161 e. The Bertz CT molecular complexity index is 754. The van der Waals surface area contributed by atoms with E-state index in [4.69, 9.17) is 32.7 Å². The fourth-order valence-corrected chi connectivity index (χ4v) is 3.46. The van der Waals surface area contributed by atoms with Crippen LogP contribution in [-0.4, -0.2) is 14.2 Å². The molecule has 1 aliphatic carbocycles. The van der Waals surface area contributed by atoms with E-state index in [1.165, 1.54) is 12.1 Å². The first-order valence-electron chi connectivity index (χ1n) is 6.62. The summed E-state index contributed by atoms with van der Waals surface area (Å²) < 4.78 is 23.7. The molecule has 2 aromatic rings. The molecular weight excluding hydrogens is 326 g/mol. The van der Waals surface area contributed by atoms with Crippen molar-refractivity contribution in [1.82, 2.24) is 0 Å². The second-order valence-electron chi connectivity index (χ2n) is 4.89. The van der Waals surface area contributed by atoms with Crippen molar-refractivity contribution in [2.45, 2.75) is 5.38 Å². The quantitative estimate of drug-likeness (QED) is 0.712. The molecule has 0 heterocycles. The molecule has 0 fully saturated rings. The van der Waals surface area contributed by atoms with Crippen LogP contribution in [0.5, 0.6) is 11.5 Å². The number of rotatable bonds is 3. The molecule has 1 unspecified atom stereocenters. The third kappa shape index (κ3) is 2.34. The number of ether oxygens (including phenoxy) is 2. The second kappa shape index (κ2) is 5.82. The van der Waals surface area contributed by atoms with E-state index >= 15 is 0 Å². The van der Waals surface area contributed by atoms with Crippen LogP contribution in [0.4, 0.5) is 4.39 Å². The minimum atomic E-state index is -0.423. The first-order chi connectivity index (χ1) is 10.6. The molecule has 0 amide bonds. The van der Waals surface area contributed by atoms with Crippen LogP contribution in [0.25, 0.3) is 10.6 Å². The molecule has 0 saturated heterocycles. The molecule has 0 N–H and O–H groups in total. The van der Waals surface area contributed by atoms with E-state index in [0.717, 1.165) is 22.3 Å². The highest BCUT2D eigenvalue weighted by molar-refractivity contribution is 6.55. The Kier molecular flexibility index (Phi) is 4.02. The molecule has 2 aromatic carbocycles. The predicted molar refractivity (Wildman–Crippen MR) is 87.2 cm³/mol. The summed E-state index contributed by atoms with van der Waals surface area (Å²) in [5.41, 5.74) is 3.21. The lowest BCUT2D eigenvalue weighted by Gasteiger charge is -2.12. The Morgan fingerprint density at radius 2 is 1.59 bits per heavy atom. The van der Waals surface area contributed by atoms with Crippen molar-refractivity contribution in [3.63, 3.8) is 0 Å². The molecule has 0 aliphatic heterocycles. The number of fused-ring (bicyclic) bond motifs is 1. The highest BCUT2D eigenvalue weighted by atomic mass is 35.5. The van der Waals surface area contributed by atoms with Gasteiger partial charge in [0.2, 0.25) is 0 Å². The van der Waals surface area contributed by atoms with Gasteiger partial charge in [0, 0.05) is 11.1 Å². The van der Waals surface area contributed by atoms with Crippen LogP contribution in [-0.2, 0) is 0 Å². The third-order valence-corrected chi connectivity index (χ3v) is 4.57. The summed E-state index contributed by atoms with van der Waals surface area (Å²) in [7, 11) is 3.13. The number of benzene rings is 2. The molecule has 1 atom stereocenters. The van der Waals surface area contributed by atoms with Crippen LogP contribution < -0.4 is 9.47 Å². The molecule has 1 aliphatic rings. The molecule has 22 heavy (non-hydrogen) atoms. The zero-order chi connectivity index (χ0) is 15.9. The van der Waals surface area contributed by atoms with Gasteiger partial charge in [-0.05, 0) is 35.4 Å². The van der Waals surface area contributed by atoms with Crippen molar-refractivity contribution in [1.29, 1.82) is 0 Å². The third-order valence-electron chi connectivity index (χ3n) is 3.71. The Morgan fingerprint density at radius 3 is 2.18 bits per heavy atom. The monoisotopic (exact) mass is 338 g/mol. The van der Waals surface area contributed by atoms with E-state index in [-0.39, 0.29) is 5.82 Å². The zero-order valence-electron chi connectivity index (χ0n) is 12.0. The first kappa shape index (κ1) is 15.2. The van der Waals surface area contributed by atoms with Crippen LogP contribution in [0.2, 0.25) is 0 Å². The van der Waals surface area contributed by atoms with Crippen molar-refractivity contribution >= 4 is 33.8 Å². The van der Waals surface area contributed by atoms with E-state index < -0.39 is 5.38 Å². The van der Waals surface area contributed by atoms with Gasteiger partial charge in [-0.15, -0.1) is 11.6 Å². The van der Waals surface area contributed by atoms with Gasteiger partial charge >= 0.3 is 0 Å². The molecule has 0 aromatic heterocycles. The summed E-state index contributed by atoms with van der Waals surface area (Å²) in [4.78, 5) is 0. The topological polar surface area (TPSA) is 18.5 Å². The molecule has 3 rings (SSSR count). The Morgan fingerprint density at radius 1 is 1.00 bits per heavy atom. The maximum absolute atomic E-state index is 13.1. The summed E-state index contributed by atoms with van der Waals surface area (Å²) in [6, 6.07) is 9.75. The molecular formula is C17H13Cl2FO2. The smallest absolute Gasteiger partial charge is 0.161 e. The van der Waals surface area contributed by atoms with Crippen LogP contribution in [0, 0.1) is 5.82 Å². The first-order valence-corrected chi connectivity index (χ1v) is 7.44. The zero-order valence-corrected chi connectivity index (χ0v) is 13.5. The Hall–Kier alpha value is -1.71. The van der Waals surface area contributed by atoms with Crippen LogP contribution in [0.3, 0.4) is 0 Å². The Balaban J connectivity index is 2.14. The maximum atomic E-state index is 13.1. The number of allylic oxidation sites excluding steroid dienone is 1. The lowest BCUT2D eigenvalue weighted by molar-refractivity contribution is 0.354. The van der Waals surface area contributed by atoms with Gasteiger partial charge in [0.15, 0.2) is 11.5 Å². The van der Waals surface area contributed by atoms with Crippen molar-refractivity contribution in [3.05, 3.63) is 58.9 Å². The van der Waals surface area contributed by atoms with E-state index in [0.29, 0.717) is 16.5 Å². The number of methoxy groups -OCH3 is 2. The lowest BCUT2D eigenvalue weighted by Crippen LogP contribution is -1.95. The summed E-state index contributed by atoms with van der Waals surface area (Å²) in [6.07, 6.45) is 0. The fraction of sp³-hybridized carbons (Fsp3) is 0.176. The molecule has 0 saturated carbocycles. The summed E-state index contributed by atoms with van der Waals surface area (Å²) >= 11 is 13.1.